The fraction of sp³-hybridized carbons (Fsp3) is 0.444. The number of piperazine rings is 1. The minimum Gasteiger partial charge on any atom is -0.450 e. The number of anilines is 2. The number of benzene rings is 1. The van der Waals surface area contributed by atoms with Gasteiger partial charge in [-0.15, -0.1) is 10.2 Å². The molecule has 2 heterocycles. The zero-order chi connectivity index (χ0) is 19.4. The van der Waals surface area contributed by atoms with Gasteiger partial charge in [-0.3, -0.25) is 4.79 Å². The summed E-state index contributed by atoms with van der Waals surface area (Å²) in [6.07, 6.45) is -0.344. The van der Waals surface area contributed by atoms with Crippen molar-refractivity contribution in [1.82, 2.24) is 25.2 Å². The average Bonchev–Trinajstić information content (AvgIpc) is 3.12. The van der Waals surface area contributed by atoms with E-state index in [0.717, 1.165) is 11.3 Å². The molecule has 2 aromatic rings. The van der Waals surface area contributed by atoms with Crippen LogP contribution in [0.1, 0.15) is 28.5 Å². The van der Waals surface area contributed by atoms with E-state index >= 15 is 0 Å². The molecule has 0 unspecified atom stereocenters. The Morgan fingerprint density at radius 1 is 1.11 bits per heavy atom. The van der Waals surface area contributed by atoms with Crippen LogP contribution in [0.2, 0.25) is 0 Å². The molecule has 0 saturated carbocycles. The summed E-state index contributed by atoms with van der Waals surface area (Å²) < 4.78 is 5.00. The van der Waals surface area contributed by atoms with Crippen molar-refractivity contribution in [2.45, 2.75) is 20.8 Å². The molecule has 0 aliphatic carbocycles. The highest BCUT2D eigenvalue weighted by molar-refractivity contribution is 5.97. The summed E-state index contributed by atoms with van der Waals surface area (Å²) in [6.45, 7) is 7.89. The Kier molecular flexibility index (Phi) is 5.58. The molecule has 0 spiro atoms. The van der Waals surface area contributed by atoms with E-state index in [0.29, 0.717) is 38.6 Å². The number of H-pyrrole nitrogens is 1. The van der Waals surface area contributed by atoms with Crippen LogP contribution in [0.25, 0.3) is 0 Å². The van der Waals surface area contributed by atoms with Crippen LogP contribution < -0.4 is 5.32 Å². The normalized spacial score (nSPS) is 14.2. The summed E-state index contributed by atoms with van der Waals surface area (Å²) in [7, 11) is 0. The predicted molar refractivity (Wildman–Crippen MR) is 100 cm³/mol. The van der Waals surface area contributed by atoms with Gasteiger partial charge in [-0.2, -0.15) is 5.21 Å². The molecule has 2 N–H and O–H groups in total. The van der Waals surface area contributed by atoms with Crippen molar-refractivity contribution in [1.29, 1.82) is 0 Å². The largest absolute Gasteiger partial charge is 0.450 e. The van der Waals surface area contributed by atoms with E-state index < -0.39 is 0 Å². The van der Waals surface area contributed by atoms with E-state index in [2.05, 4.69) is 20.7 Å². The van der Waals surface area contributed by atoms with Crippen LogP contribution in [0, 0.1) is 13.8 Å². The SMILES string of the molecule is CCOC(=O)N1CCN(C(=O)c2n[nH]nc2Nc2ccc(C)c(C)c2)CC1. The number of carbonyl (C=O) groups is 2. The van der Waals surface area contributed by atoms with Crippen LogP contribution in [0.3, 0.4) is 0 Å². The topological polar surface area (TPSA) is 103 Å². The third kappa shape index (κ3) is 4.18. The highest BCUT2D eigenvalue weighted by Crippen LogP contribution is 2.21. The van der Waals surface area contributed by atoms with Gasteiger partial charge in [0.2, 0.25) is 0 Å². The molecule has 1 fully saturated rings. The zero-order valence-corrected chi connectivity index (χ0v) is 15.8. The van der Waals surface area contributed by atoms with Crippen LogP contribution in [0.15, 0.2) is 18.2 Å². The van der Waals surface area contributed by atoms with Crippen molar-refractivity contribution in [3.8, 4) is 0 Å². The number of hydrogen-bond acceptors (Lipinski definition) is 6. The molecule has 1 aromatic heterocycles. The van der Waals surface area contributed by atoms with Crippen molar-refractivity contribution in [3.63, 3.8) is 0 Å². The minimum atomic E-state index is -0.344. The minimum absolute atomic E-state index is 0.224. The number of nitrogens with zero attached hydrogens (tertiary/aromatic N) is 4. The quantitative estimate of drug-likeness (QED) is 0.852. The van der Waals surface area contributed by atoms with Crippen LogP contribution in [0.4, 0.5) is 16.3 Å². The van der Waals surface area contributed by atoms with Crippen molar-refractivity contribution in [2.24, 2.45) is 0 Å². The van der Waals surface area contributed by atoms with E-state index in [1.165, 1.54) is 5.56 Å². The Morgan fingerprint density at radius 3 is 2.48 bits per heavy atom. The molecule has 9 heteroatoms. The lowest BCUT2D eigenvalue weighted by molar-refractivity contribution is 0.0566. The van der Waals surface area contributed by atoms with Crippen LogP contribution in [-0.2, 0) is 4.74 Å². The first-order chi connectivity index (χ1) is 13.0. The monoisotopic (exact) mass is 372 g/mol. The van der Waals surface area contributed by atoms with Gasteiger partial charge in [0.15, 0.2) is 11.5 Å². The molecule has 3 rings (SSSR count). The summed E-state index contributed by atoms with van der Waals surface area (Å²) in [5.74, 6) is 0.162. The van der Waals surface area contributed by atoms with Crippen molar-refractivity contribution in [3.05, 3.63) is 35.0 Å². The molecule has 1 aromatic carbocycles. The first kappa shape index (κ1) is 18.7. The van der Waals surface area contributed by atoms with Gasteiger partial charge in [0.05, 0.1) is 6.61 Å². The van der Waals surface area contributed by atoms with Crippen LogP contribution in [0.5, 0.6) is 0 Å². The van der Waals surface area contributed by atoms with Gasteiger partial charge in [0, 0.05) is 31.9 Å². The standard InChI is InChI=1S/C18H24N6O3/c1-4-27-18(26)24-9-7-23(8-10-24)17(25)15-16(21-22-20-15)19-14-6-5-12(2)13(3)11-14/h5-6,11H,4,7-10H2,1-3H3,(H2,19,20,21,22). The Balaban J connectivity index is 1.66. The number of nitrogens with one attached hydrogen (secondary N) is 2. The van der Waals surface area contributed by atoms with Crippen LogP contribution in [-0.4, -0.2) is 70.0 Å². The Morgan fingerprint density at radius 2 is 1.81 bits per heavy atom. The molecule has 0 radical (unpaired) electrons. The number of ether oxygens (including phenoxy) is 1. The lowest BCUT2D eigenvalue weighted by Crippen LogP contribution is -2.50. The molecule has 0 atom stereocenters. The van der Waals surface area contributed by atoms with E-state index in [-0.39, 0.29) is 17.7 Å². The molecule has 27 heavy (non-hydrogen) atoms. The van der Waals surface area contributed by atoms with Gasteiger partial charge in [-0.05, 0) is 44.0 Å². The summed E-state index contributed by atoms with van der Waals surface area (Å²) in [5.41, 5.74) is 3.41. The molecule has 0 bridgehead atoms. The van der Waals surface area contributed by atoms with E-state index in [4.69, 9.17) is 4.74 Å². The second-order valence-corrected chi connectivity index (χ2v) is 6.42. The maximum Gasteiger partial charge on any atom is 0.409 e. The Bertz CT molecular complexity index is 826. The number of carbonyl (C=O) groups excluding carboxylic acids is 2. The van der Waals surface area contributed by atoms with Gasteiger partial charge in [0.1, 0.15) is 0 Å². The summed E-state index contributed by atoms with van der Waals surface area (Å²) in [4.78, 5) is 27.9. The molecular formula is C18H24N6O3. The molecule has 1 aliphatic heterocycles. The third-order valence-electron chi connectivity index (χ3n) is 4.61. The number of hydrogen-bond donors (Lipinski definition) is 2. The number of aromatic nitrogens is 3. The maximum absolute atomic E-state index is 12.8. The lowest BCUT2D eigenvalue weighted by Gasteiger charge is -2.33. The fourth-order valence-electron chi connectivity index (χ4n) is 2.88. The zero-order valence-electron chi connectivity index (χ0n) is 15.8. The first-order valence-electron chi connectivity index (χ1n) is 8.95. The number of rotatable bonds is 4. The van der Waals surface area contributed by atoms with Gasteiger partial charge in [0.25, 0.3) is 5.91 Å². The first-order valence-corrected chi connectivity index (χ1v) is 8.95. The highest BCUT2D eigenvalue weighted by atomic mass is 16.6. The molecule has 1 saturated heterocycles. The summed E-state index contributed by atoms with van der Waals surface area (Å²) >= 11 is 0. The Labute approximate surface area is 157 Å². The summed E-state index contributed by atoms with van der Waals surface area (Å²) in [5, 5.41) is 13.7. The molecule has 1 aliphatic rings. The average molecular weight is 372 g/mol. The number of aryl methyl sites for hydroxylation is 2. The summed E-state index contributed by atoms with van der Waals surface area (Å²) in [6, 6.07) is 5.94. The molecule has 144 valence electrons. The Hall–Kier alpha value is -3.10. The number of amides is 2. The highest BCUT2D eigenvalue weighted by Gasteiger charge is 2.28. The van der Waals surface area contributed by atoms with E-state index in [1.807, 2.05) is 32.0 Å². The lowest BCUT2D eigenvalue weighted by atomic mass is 10.1. The van der Waals surface area contributed by atoms with Crippen molar-refractivity contribution >= 4 is 23.5 Å². The predicted octanol–water partition coefficient (Wildman–Crippen LogP) is 2.08. The third-order valence-corrected chi connectivity index (χ3v) is 4.61. The molecule has 9 nitrogen and oxygen atoms in total. The van der Waals surface area contributed by atoms with Crippen molar-refractivity contribution in [2.75, 3.05) is 38.1 Å². The van der Waals surface area contributed by atoms with Gasteiger partial charge >= 0.3 is 6.09 Å². The fourth-order valence-corrected chi connectivity index (χ4v) is 2.88. The maximum atomic E-state index is 12.8. The van der Waals surface area contributed by atoms with Crippen LogP contribution >= 0.6 is 0 Å². The second-order valence-electron chi connectivity index (χ2n) is 6.42. The van der Waals surface area contributed by atoms with Crippen molar-refractivity contribution < 1.29 is 14.3 Å². The van der Waals surface area contributed by atoms with Gasteiger partial charge in [-0.1, -0.05) is 6.07 Å². The van der Waals surface area contributed by atoms with E-state index in [1.54, 1.807) is 16.7 Å². The number of aromatic amines is 1. The smallest absolute Gasteiger partial charge is 0.409 e. The van der Waals surface area contributed by atoms with Gasteiger partial charge < -0.3 is 19.9 Å². The molecular weight excluding hydrogens is 348 g/mol. The second kappa shape index (κ2) is 8.07. The van der Waals surface area contributed by atoms with E-state index in [9.17, 15) is 9.59 Å². The molecule has 2 amide bonds. The van der Waals surface area contributed by atoms with Gasteiger partial charge in [-0.25, -0.2) is 4.79 Å².